The molecule has 120 valence electrons. The molecule has 2 rings (SSSR count). The zero-order valence-corrected chi connectivity index (χ0v) is 13.9. The van der Waals surface area contributed by atoms with E-state index in [1.807, 2.05) is 0 Å². The largest absolute Gasteiger partial charge is 0.271 e. The van der Waals surface area contributed by atoms with Crippen LogP contribution < -0.4 is 11.3 Å². The molecule has 1 saturated carbocycles. The maximum absolute atomic E-state index is 5.82. The Morgan fingerprint density at radius 2 is 1.95 bits per heavy atom. The van der Waals surface area contributed by atoms with Crippen LogP contribution in [0.4, 0.5) is 0 Å². The Hall–Kier alpha value is -0.870. The van der Waals surface area contributed by atoms with Crippen molar-refractivity contribution in [3.05, 3.63) is 18.0 Å². The number of rotatable bonds is 7. The van der Waals surface area contributed by atoms with Gasteiger partial charge in [-0.05, 0) is 43.6 Å². The molecule has 3 N–H and O–H groups in total. The van der Waals surface area contributed by atoms with Crippen molar-refractivity contribution in [3.8, 4) is 0 Å². The van der Waals surface area contributed by atoms with Crippen molar-refractivity contribution >= 4 is 0 Å². The number of nitrogens with one attached hydrogen (secondary N) is 1. The maximum Gasteiger partial charge on any atom is 0.0640 e. The summed E-state index contributed by atoms with van der Waals surface area (Å²) in [6.07, 6.45) is 10.6. The van der Waals surface area contributed by atoms with E-state index in [2.05, 4.69) is 43.1 Å². The molecular formula is C17H32N4. The van der Waals surface area contributed by atoms with Gasteiger partial charge in [-0.1, -0.05) is 33.6 Å². The molecule has 4 heteroatoms. The molecule has 1 heterocycles. The Kier molecular flexibility index (Phi) is 6.24. The van der Waals surface area contributed by atoms with Crippen LogP contribution in [0.2, 0.25) is 0 Å². The van der Waals surface area contributed by atoms with Crippen LogP contribution in [0.3, 0.4) is 0 Å². The summed E-state index contributed by atoms with van der Waals surface area (Å²) in [7, 11) is 0. The molecular weight excluding hydrogens is 260 g/mol. The minimum absolute atomic E-state index is 0.363. The minimum atomic E-state index is 0.363. The van der Waals surface area contributed by atoms with E-state index in [0.29, 0.717) is 18.0 Å². The zero-order chi connectivity index (χ0) is 15.2. The molecule has 4 nitrogen and oxygen atoms in total. The van der Waals surface area contributed by atoms with Gasteiger partial charge in [-0.25, -0.2) is 0 Å². The Morgan fingerprint density at radius 1 is 1.29 bits per heavy atom. The Labute approximate surface area is 129 Å². The highest BCUT2D eigenvalue weighted by Crippen LogP contribution is 2.31. The second-order valence-corrected chi connectivity index (χ2v) is 6.75. The Balaban J connectivity index is 1.95. The first-order chi connectivity index (χ1) is 10.2. The zero-order valence-electron chi connectivity index (χ0n) is 13.9. The first kappa shape index (κ1) is 16.5. The normalized spacial score (nSPS) is 24.4. The minimum Gasteiger partial charge on any atom is -0.271 e. The summed E-state index contributed by atoms with van der Waals surface area (Å²) in [5.74, 6) is 7.40. The standard InChI is InChI=1S/C17H32N4/c1-4-16(5-2)21-11-10-15(20-21)12-17(19-18)14-8-6-13(3)7-9-14/h10-11,13-14,16-17,19H,4-9,12,18H2,1-3H3. The third-order valence-corrected chi connectivity index (χ3v) is 5.25. The van der Waals surface area contributed by atoms with Crippen LogP contribution in [0, 0.1) is 11.8 Å². The van der Waals surface area contributed by atoms with Crippen LogP contribution in [0.15, 0.2) is 12.3 Å². The molecule has 0 bridgehead atoms. The molecule has 0 amide bonds. The number of nitrogens with zero attached hydrogens (tertiary/aromatic N) is 2. The average Bonchev–Trinajstić information content (AvgIpc) is 2.96. The van der Waals surface area contributed by atoms with Crippen LogP contribution in [0.25, 0.3) is 0 Å². The summed E-state index contributed by atoms with van der Waals surface area (Å²) in [5, 5.41) is 4.77. The van der Waals surface area contributed by atoms with E-state index in [-0.39, 0.29) is 0 Å². The molecule has 1 aromatic rings. The van der Waals surface area contributed by atoms with E-state index in [4.69, 9.17) is 10.9 Å². The number of hydrogen-bond acceptors (Lipinski definition) is 3. The number of nitrogens with two attached hydrogens (primary N) is 1. The first-order valence-corrected chi connectivity index (χ1v) is 8.68. The highest BCUT2D eigenvalue weighted by atomic mass is 15.3. The topological polar surface area (TPSA) is 55.9 Å². The van der Waals surface area contributed by atoms with Gasteiger partial charge in [0.2, 0.25) is 0 Å². The Bertz CT molecular complexity index is 403. The molecule has 1 unspecified atom stereocenters. The summed E-state index contributed by atoms with van der Waals surface area (Å²) in [6.45, 7) is 6.81. The average molecular weight is 292 g/mol. The molecule has 1 atom stereocenters. The predicted molar refractivity (Wildman–Crippen MR) is 87.8 cm³/mol. The van der Waals surface area contributed by atoms with Gasteiger partial charge in [-0.3, -0.25) is 16.0 Å². The second-order valence-electron chi connectivity index (χ2n) is 6.75. The lowest BCUT2D eigenvalue weighted by Gasteiger charge is -2.32. The number of hydrogen-bond donors (Lipinski definition) is 2. The molecule has 0 spiro atoms. The van der Waals surface area contributed by atoms with Crippen LogP contribution in [0.1, 0.15) is 71.0 Å². The van der Waals surface area contributed by atoms with E-state index in [9.17, 15) is 0 Å². The summed E-state index contributed by atoms with van der Waals surface area (Å²) >= 11 is 0. The molecule has 0 aliphatic heterocycles. The van der Waals surface area contributed by atoms with Crippen molar-refractivity contribution in [3.63, 3.8) is 0 Å². The fourth-order valence-corrected chi connectivity index (χ4v) is 3.63. The van der Waals surface area contributed by atoms with Crippen LogP contribution in [-0.2, 0) is 6.42 Å². The fraction of sp³-hybridized carbons (Fsp3) is 0.824. The molecule has 0 saturated heterocycles. The molecule has 0 radical (unpaired) electrons. The maximum atomic E-state index is 5.82. The molecule has 1 aliphatic carbocycles. The van der Waals surface area contributed by atoms with Gasteiger partial charge in [0.15, 0.2) is 0 Å². The molecule has 21 heavy (non-hydrogen) atoms. The monoisotopic (exact) mass is 292 g/mol. The SMILES string of the molecule is CCC(CC)n1ccc(CC(NN)C2CCC(C)CC2)n1. The van der Waals surface area contributed by atoms with E-state index in [1.54, 1.807) is 0 Å². The quantitative estimate of drug-likeness (QED) is 0.598. The van der Waals surface area contributed by atoms with Crippen molar-refractivity contribution in [2.24, 2.45) is 17.7 Å². The van der Waals surface area contributed by atoms with E-state index in [1.165, 1.54) is 31.4 Å². The van der Waals surface area contributed by atoms with Gasteiger partial charge in [0.25, 0.3) is 0 Å². The third kappa shape index (κ3) is 4.30. The van der Waals surface area contributed by atoms with Gasteiger partial charge < -0.3 is 0 Å². The highest BCUT2D eigenvalue weighted by molar-refractivity contribution is 5.03. The molecule has 0 aromatic carbocycles. The summed E-state index contributed by atoms with van der Waals surface area (Å²) < 4.78 is 2.13. The van der Waals surface area contributed by atoms with Gasteiger partial charge in [0.05, 0.1) is 11.7 Å². The van der Waals surface area contributed by atoms with Crippen molar-refractivity contribution < 1.29 is 0 Å². The lowest BCUT2D eigenvalue weighted by molar-refractivity contribution is 0.228. The van der Waals surface area contributed by atoms with Crippen LogP contribution in [-0.4, -0.2) is 15.8 Å². The second kappa shape index (κ2) is 7.95. The lowest BCUT2D eigenvalue weighted by atomic mass is 9.78. The van der Waals surface area contributed by atoms with Gasteiger partial charge in [-0.15, -0.1) is 0 Å². The predicted octanol–water partition coefficient (Wildman–Crippen LogP) is 3.44. The first-order valence-electron chi connectivity index (χ1n) is 8.68. The van der Waals surface area contributed by atoms with Crippen molar-refractivity contribution in [2.75, 3.05) is 0 Å². The van der Waals surface area contributed by atoms with Crippen LogP contribution >= 0.6 is 0 Å². The van der Waals surface area contributed by atoms with E-state index < -0.39 is 0 Å². The van der Waals surface area contributed by atoms with Gasteiger partial charge in [-0.2, -0.15) is 5.10 Å². The lowest BCUT2D eigenvalue weighted by Crippen LogP contribution is -2.43. The van der Waals surface area contributed by atoms with E-state index >= 15 is 0 Å². The molecule has 1 aliphatic rings. The van der Waals surface area contributed by atoms with Crippen molar-refractivity contribution in [2.45, 2.75) is 77.8 Å². The van der Waals surface area contributed by atoms with E-state index in [0.717, 1.165) is 25.2 Å². The van der Waals surface area contributed by atoms with Crippen molar-refractivity contribution in [1.82, 2.24) is 15.2 Å². The highest BCUT2D eigenvalue weighted by Gasteiger charge is 2.26. The molecule has 1 aromatic heterocycles. The fourth-order valence-electron chi connectivity index (χ4n) is 3.63. The van der Waals surface area contributed by atoms with Gasteiger partial charge in [0, 0.05) is 18.7 Å². The smallest absolute Gasteiger partial charge is 0.0640 e. The van der Waals surface area contributed by atoms with Crippen molar-refractivity contribution in [1.29, 1.82) is 0 Å². The van der Waals surface area contributed by atoms with Gasteiger partial charge >= 0.3 is 0 Å². The number of hydrazine groups is 1. The molecule has 1 fully saturated rings. The summed E-state index contributed by atoms with van der Waals surface area (Å²) in [5.41, 5.74) is 4.22. The summed E-state index contributed by atoms with van der Waals surface area (Å²) in [6, 6.07) is 3.05. The van der Waals surface area contributed by atoms with Gasteiger partial charge in [0.1, 0.15) is 0 Å². The third-order valence-electron chi connectivity index (χ3n) is 5.25. The number of aromatic nitrogens is 2. The summed E-state index contributed by atoms with van der Waals surface area (Å²) in [4.78, 5) is 0. The Morgan fingerprint density at radius 3 is 2.52 bits per heavy atom. The van der Waals surface area contributed by atoms with Crippen LogP contribution in [0.5, 0.6) is 0 Å².